The van der Waals surface area contributed by atoms with Gasteiger partial charge in [-0.25, -0.2) is 0 Å². The fourth-order valence-electron chi connectivity index (χ4n) is 2.69. The fraction of sp³-hybridized carbons (Fsp3) is 0.625. The van der Waals surface area contributed by atoms with Gasteiger partial charge in [0.25, 0.3) is 0 Å². The van der Waals surface area contributed by atoms with E-state index in [1.54, 1.807) is 0 Å². The zero-order valence-electron chi connectivity index (χ0n) is 11.4. The molecule has 1 fully saturated rings. The van der Waals surface area contributed by atoms with Gasteiger partial charge in [-0.3, -0.25) is 0 Å². The number of nitrogens with two attached hydrogens (primary N) is 1. The quantitative estimate of drug-likeness (QED) is 0.862. The first-order chi connectivity index (χ1) is 8.81. The van der Waals surface area contributed by atoms with Crippen LogP contribution in [0.25, 0.3) is 0 Å². The fourth-order valence-corrected chi connectivity index (χ4v) is 2.69. The van der Waals surface area contributed by atoms with Crippen LogP contribution < -0.4 is 5.73 Å². The molecule has 0 radical (unpaired) electrons. The Morgan fingerprint density at radius 3 is 2.22 bits per heavy atom. The van der Waals surface area contributed by atoms with Crippen LogP contribution in [0, 0.1) is 5.92 Å². The maximum atomic E-state index is 6.00. The van der Waals surface area contributed by atoms with Crippen LogP contribution in [0.1, 0.15) is 50.2 Å². The summed E-state index contributed by atoms with van der Waals surface area (Å²) in [6.45, 7) is 3.65. The van der Waals surface area contributed by atoms with Gasteiger partial charge in [0, 0.05) is 6.54 Å². The molecule has 0 unspecified atom stereocenters. The third kappa shape index (κ3) is 3.82. The van der Waals surface area contributed by atoms with Gasteiger partial charge < -0.3 is 10.5 Å². The molecule has 1 aliphatic carbocycles. The van der Waals surface area contributed by atoms with Crippen molar-refractivity contribution in [3.63, 3.8) is 0 Å². The third-order valence-corrected chi connectivity index (χ3v) is 4.12. The molecule has 2 nitrogen and oxygen atoms in total. The van der Waals surface area contributed by atoms with Gasteiger partial charge in [-0.05, 0) is 42.7 Å². The molecule has 1 aromatic carbocycles. The SMILES string of the molecule is CCC1CCC(OCc2ccc(CN)cc2)CC1. The maximum absolute atomic E-state index is 6.00. The summed E-state index contributed by atoms with van der Waals surface area (Å²) in [5.41, 5.74) is 8.02. The molecular formula is C16H25NO. The van der Waals surface area contributed by atoms with Crippen molar-refractivity contribution in [2.45, 2.75) is 58.3 Å². The highest BCUT2D eigenvalue weighted by Gasteiger charge is 2.20. The van der Waals surface area contributed by atoms with Crippen LogP contribution in [0.15, 0.2) is 24.3 Å². The van der Waals surface area contributed by atoms with Gasteiger partial charge in [0.2, 0.25) is 0 Å². The first-order valence-corrected chi connectivity index (χ1v) is 7.21. The Morgan fingerprint density at radius 2 is 1.67 bits per heavy atom. The van der Waals surface area contributed by atoms with E-state index in [-0.39, 0.29) is 0 Å². The lowest BCUT2D eigenvalue weighted by Gasteiger charge is -2.27. The lowest BCUT2D eigenvalue weighted by molar-refractivity contribution is 0.00682. The van der Waals surface area contributed by atoms with Gasteiger partial charge in [0.05, 0.1) is 12.7 Å². The molecule has 100 valence electrons. The Labute approximate surface area is 111 Å². The molecule has 0 atom stereocenters. The summed E-state index contributed by atoms with van der Waals surface area (Å²) in [5, 5.41) is 0. The van der Waals surface area contributed by atoms with Crippen LogP contribution in [0.5, 0.6) is 0 Å². The first-order valence-electron chi connectivity index (χ1n) is 7.21. The zero-order valence-corrected chi connectivity index (χ0v) is 11.4. The molecular weight excluding hydrogens is 222 g/mol. The van der Waals surface area contributed by atoms with Crippen molar-refractivity contribution in [2.24, 2.45) is 11.7 Å². The summed E-state index contributed by atoms with van der Waals surface area (Å²) in [7, 11) is 0. The van der Waals surface area contributed by atoms with Crippen LogP contribution in [-0.4, -0.2) is 6.10 Å². The van der Waals surface area contributed by atoms with E-state index in [1.807, 2.05) is 0 Å². The lowest BCUT2D eigenvalue weighted by Crippen LogP contribution is -2.21. The molecule has 0 aromatic heterocycles. The molecule has 0 bridgehead atoms. The molecule has 2 heteroatoms. The van der Waals surface area contributed by atoms with E-state index in [2.05, 4.69) is 31.2 Å². The van der Waals surface area contributed by atoms with Crippen molar-refractivity contribution in [3.8, 4) is 0 Å². The van der Waals surface area contributed by atoms with E-state index >= 15 is 0 Å². The van der Waals surface area contributed by atoms with Crippen molar-refractivity contribution in [3.05, 3.63) is 35.4 Å². The maximum Gasteiger partial charge on any atom is 0.0720 e. The standard InChI is InChI=1S/C16H25NO/c1-2-13-7-9-16(10-8-13)18-12-15-5-3-14(11-17)4-6-15/h3-6,13,16H,2,7-12,17H2,1H3. The van der Waals surface area contributed by atoms with Crippen molar-refractivity contribution < 1.29 is 4.74 Å². The second-order valence-electron chi connectivity index (χ2n) is 5.38. The predicted octanol–water partition coefficient (Wildman–Crippen LogP) is 3.63. The monoisotopic (exact) mass is 247 g/mol. The number of hydrogen-bond donors (Lipinski definition) is 1. The highest BCUT2D eigenvalue weighted by Crippen LogP contribution is 2.28. The normalized spacial score (nSPS) is 24.1. The Balaban J connectivity index is 1.74. The molecule has 0 aliphatic heterocycles. The highest BCUT2D eigenvalue weighted by atomic mass is 16.5. The second kappa shape index (κ2) is 6.91. The van der Waals surface area contributed by atoms with Crippen LogP contribution in [0.4, 0.5) is 0 Å². The molecule has 1 aromatic rings. The van der Waals surface area contributed by atoms with Crippen LogP contribution in [0.3, 0.4) is 0 Å². The molecule has 1 saturated carbocycles. The minimum absolute atomic E-state index is 0.474. The number of rotatable bonds is 5. The molecule has 0 heterocycles. The van der Waals surface area contributed by atoms with Gasteiger partial charge in [-0.1, -0.05) is 37.6 Å². The van der Waals surface area contributed by atoms with Crippen molar-refractivity contribution in [1.29, 1.82) is 0 Å². The van der Waals surface area contributed by atoms with Crippen LogP contribution >= 0.6 is 0 Å². The molecule has 2 rings (SSSR count). The molecule has 0 amide bonds. The Morgan fingerprint density at radius 1 is 1.06 bits per heavy atom. The van der Waals surface area contributed by atoms with Crippen LogP contribution in [-0.2, 0) is 17.9 Å². The minimum Gasteiger partial charge on any atom is -0.374 e. The van der Waals surface area contributed by atoms with E-state index in [1.165, 1.54) is 43.2 Å². The molecule has 0 spiro atoms. The first kappa shape index (κ1) is 13.6. The van der Waals surface area contributed by atoms with Crippen molar-refractivity contribution >= 4 is 0 Å². The zero-order chi connectivity index (χ0) is 12.8. The Hall–Kier alpha value is -0.860. The Bertz CT molecular complexity index is 339. The average molecular weight is 247 g/mol. The Kier molecular flexibility index (Phi) is 5.21. The number of ether oxygens (including phenoxy) is 1. The third-order valence-electron chi connectivity index (χ3n) is 4.12. The van der Waals surface area contributed by atoms with Gasteiger partial charge in [0.15, 0.2) is 0 Å². The van der Waals surface area contributed by atoms with Crippen molar-refractivity contribution in [2.75, 3.05) is 0 Å². The largest absolute Gasteiger partial charge is 0.374 e. The summed E-state index contributed by atoms with van der Waals surface area (Å²) in [5.74, 6) is 0.939. The van der Waals surface area contributed by atoms with Gasteiger partial charge >= 0.3 is 0 Å². The van der Waals surface area contributed by atoms with E-state index in [0.717, 1.165) is 12.5 Å². The molecule has 18 heavy (non-hydrogen) atoms. The minimum atomic E-state index is 0.474. The lowest BCUT2D eigenvalue weighted by atomic mass is 9.86. The topological polar surface area (TPSA) is 35.2 Å². The van der Waals surface area contributed by atoms with Gasteiger partial charge in [0.1, 0.15) is 0 Å². The number of benzene rings is 1. The summed E-state index contributed by atoms with van der Waals surface area (Å²) >= 11 is 0. The summed E-state index contributed by atoms with van der Waals surface area (Å²) in [4.78, 5) is 0. The summed E-state index contributed by atoms with van der Waals surface area (Å²) in [6, 6.07) is 8.43. The van der Waals surface area contributed by atoms with Gasteiger partial charge in [-0.15, -0.1) is 0 Å². The van der Waals surface area contributed by atoms with E-state index < -0.39 is 0 Å². The summed E-state index contributed by atoms with van der Waals surface area (Å²) < 4.78 is 6.00. The van der Waals surface area contributed by atoms with E-state index in [0.29, 0.717) is 12.6 Å². The smallest absolute Gasteiger partial charge is 0.0720 e. The van der Waals surface area contributed by atoms with Gasteiger partial charge in [-0.2, -0.15) is 0 Å². The molecule has 0 saturated heterocycles. The van der Waals surface area contributed by atoms with E-state index in [9.17, 15) is 0 Å². The van der Waals surface area contributed by atoms with E-state index in [4.69, 9.17) is 10.5 Å². The summed E-state index contributed by atoms with van der Waals surface area (Å²) in [6.07, 6.45) is 6.95. The molecule has 2 N–H and O–H groups in total. The number of hydrogen-bond acceptors (Lipinski definition) is 2. The average Bonchev–Trinajstić information content (AvgIpc) is 2.46. The second-order valence-corrected chi connectivity index (χ2v) is 5.38. The predicted molar refractivity (Wildman–Crippen MR) is 75.2 cm³/mol. The van der Waals surface area contributed by atoms with Crippen molar-refractivity contribution in [1.82, 2.24) is 0 Å². The highest BCUT2D eigenvalue weighted by molar-refractivity contribution is 5.21. The molecule has 1 aliphatic rings. The van der Waals surface area contributed by atoms with Crippen LogP contribution in [0.2, 0.25) is 0 Å².